The van der Waals surface area contributed by atoms with Crippen molar-refractivity contribution >= 4 is 18.4 Å². The van der Waals surface area contributed by atoms with Crippen molar-refractivity contribution in [3.63, 3.8) is 0 Å². The minimum Gasteiger partial charge on any atom is -0.480 e. The van der Waals surface area contributed by atoms with Crippen LogP contribution < -0.4 is 5.73 Å². The topological polar surface area (TPSA) is 63.3 Å². The molecule has 0 rings (SSSR count). The number of carboxylic acids is 1. The van der Waals surface area contributed by atoms with Crippen molar-refractivity contribution in [1.29, 1.82) is 0 Å². The molecular formula is C9H20ClNO2. The monoisotopic (exact) mass is 209 g/mol. The Morgan fingerprint density at radius 2 is 2.00 bits per heavy atom. The zero-order valence-corrected chi connectivity index (χ0v) is 9.36. The number of halogens is 1. The standard InChI is InChI=1S/C9H19NO2.ClH/c1-4-5-6-9(10,7(2)3)8(11)12;/h7H,4-6,10H2,1-3H3,(H,11,12);1H/t9-;/m0./s1. The normalized spacial score (nSPS) is 14.8. The molecule has 0 aliphatic heterocycles. The van der Waals surface area contributed by atoms with Crippen LogP contribution in [-0.2, 0) is 4.79 Å². The Hall–Kier alpha value is -0.280. The van der Waals surface area contributed by atoms with Crippen LogP contribution in [0, 0.1) is 5.92 Å². The van der Waals surface area contributed by atoms with Crippen LogP contribution in [0.1, 0.15) is 40.0 Å². The van der Waals surface area contributed by atoms with E-state index >= 15 is 0 Å². The van der Waals surface area contributed by atoms with E-state index in [2.05, 4.69) is 0 Å². The Kier molecular flexibility index (Phi) is 7.27. The molecule has 0 aliphatic rings. The maximum atomic E-state index is 10.8. The largest absolute Gasteiger partial charge is 0.480 e. The van der Waals surface area contributed by atoms with Gasteiger partial charge in [0.25, 0.3) is 0 Å². The van der Waals surface area contributed by atoms with Crippen LogP contribution in [0.5, 0.6) is 0 Å². The maximum absolute atomic E-state index is 10.8. The van der Waals surface area contributed by atoms with Crippen LogP contribution in [0.3, 0.4) is 0 Å². The highest BCUT2D eigenvalue weighted by Gasteiger charge is 2.36. The number of hydrogen-bond donors (Lipinski definition) is 2. The average molecular weight is 210 g/mol. The van der Waals surface area contributed by atoms with Gasteiger partial charge in [0.15, 0.2) is 0 Å². The van der Waals surface area contributed by atoms with E-state index in [1.54, 1.807) is 0 Å². The van der Waals surface area contributed by atoms with Crippen LogP contribution in [-0.4, -0.2) is 16.6 Å². The third-order valence-corrected chi connectivity index (χ3v) is 2.37. The Balaban J connectivity index is 0. The Bertz CT molecular complexity index is 162. The summed E-state index contributed by atoms with van der Waals surface area (Å²) in [5, 5.41) is 8.90. The molecule has 1 atom stereocenters. The first-order valence-corrected chi connectivity index (χ1v) is 4.47. The summed E-state index contributed by atoms with van der Waals surface area (Å²) < 4.78 is 0. The van der Waals surface area contributed by atoms with Gasteiger partial charge < -0.3 is 10.8 Å². The lowest BCUT2D eigenvalue weighted by molar-refractivity contribution is -0.145. The van der Waals surface area contributed by atoms with Crippen molar-refractivity contribution in [3.8, 4) is 0 Å². The molecule has 4 heteroatoms. The first-order chi connectivity index (χ1) is 5.45. The van der Waals surface area contributed by atoms with Crippen LogP contribution in [0.25, 0.3) is 0 Å². The summed E-state index contributed by atoms with van der Waals surface area (Å²) in [6.07, 6.45) is 2.43. The van der Waals surface area contributed by atoms with Gasteiger partial charge in [-0.25, -0.2) is 0 Å². The second-order valence-corrected chi connectivity index (χ2v) is 3.60. The van der Waals surface area contributed by atoms with E-state index in [0.29, 0.717) is 6.42 Å². The third-order valence-electron chi connectivity index (χ3n) is 2.37. The molecule has 0 spiro atoms. The Morgan fingerprint density at radius 3 is 2.23 bits per heavy atom. The van der Waals surface area contributed by atoms with Crippen LogP contribution in [0.2, 0.25) is 0 Å². The minimum atomic E-state index is -1.03. The summed E-state index contributed by atoms with van der Waals surface area (Å²) in [5.41, 5.74) is 4.74. The minimum absolute atomic E-state index is 0. The van der Waals surface area contributed by atoms with Gasteiger partial charge in [-0.05, 0) is 12.3 Å². The van der Waals surface area contributed by atoms with E-state index in [1.165, 1.54) is 0 Å². The lowest BCUT2D eigenvalue weighted by atomic mass is 9.83. The molecule has 0 unspecified atom stereocenters. The van der Waals surface area contributed by atoms with E-state index in [4.69, 9.17) is 10.8 Å². The lowest BCUT2D eigenvalue weighted by Gasteiger charge is -2.28. The van der Waals surface area contributed by atoms with E-state index in [1.807, 2.05) is 20.8 Å². The van der Waals surface area contributed by atoms with Crippen molar-refractivity contribution in [2.75, 3.05) is 0 Å². The summed E-state index contributed by atoms with van der Waals surface area (Å²) in [5.74, 6) is -0.896. The summed E-state index contributed by atoms with van der Waals surface area (Å²) >= 11 is 0. The number of nitrogens with two attached hydrogens (primary N) is 1. The van der Waals surface area contributed by atoms with Crippen LogP contribution in [0.4, 0.5) is 0 Å². The molecule has 0 amide bonds. The van der Waals surface area contributed by atoms with Gasteiger partial charge in [-0.15, -0.1) is 12.4 Å². The third kappa shape index (κ3) is 3.96. The SMILES string of the molecule is CCCC[C@@](N)(C(=O)O)C(C)C.Cl. The fourth-order valence-electron chi connectivity index (χ4n) is 1.11. The number of carbonyl (C=O) groups is 1. The number of hydrogen-bond acceptors (Lipinski definition) is 2. The maximum Gasteiger partial charge on any atom is 0.323 e. The summed E-state index contributed by atoms with van der Waals surface area (Å²) in [7, 11) is 0. The molecule has 0 aromatic rings. The molecule has 0 saturated carbocycles. The lowest BCUT2D eigenvalue weighted by Crippen LogP contribution is -2.52. The molecule has 0 fully saturated rings. The zero-order chi connectivity index (χ0) is 9.78. The number of carboxylic acid groups (broad SMARTS) is 1. The predicted molar refractivity (Wildman–Crippen MR) is 56.2 cm³/mol. The predicted octanol–water partition coefficient (Wildman–Crippen LogP) is 2.04. The molecule has 0 aromatic carbocycles. The second kappa shape index (κ2) is 6.22. The summed E-state index contributed by atoms with van der Waals surface area (Å²) in [6.45, 7) is 5.73. The molecule has 0 radical (unpaired) electrons. The molecule has 13 heavy (non-hydrogen) atoms. The van der Waals surface area contributed by atoms with E-state index < -0.39 is 11.5 Å². The van der Waals surface area contributed by atoms with Crippen molar-refractivity contribution < 1.29 is 9.90 Å². The van der Waals surface area contributed by atoms with Crippen molar-refractivity contribution in [2.45, 2.75) is 45.6 Å². The number of unbranched alkanes of at least 4 members (excludes halogenated alkanes) is 1. The highest BCUT2D eigenvalue weighted by atomic mass is 35.5. The zero-order valence-electron chi connectivity index (χ0n) is 8.54. The quantitative estimate of drug-likeness (QED) is 0.729. The first-order valence-electron chi connectivity index (χ1n) is 4.47. The van der Waals surface area contributed by atoms with Gasteiger partial charge in [0.05, 0.1) is 0 Å². The fraction of sp³-hybridized carbons (Fsp3) is 0.889. The van der Waals surface area contributed by atoms with Crippen LogP contribution in [0.15, 0.2) is 0 Å². The molecule has 0 heterocycles. The van der Waals surface area contributed by atoms with Gasteiger partial charge >= 0.3 is 5.97 Å². The smallest absolute Gasteiger partial charge is 0.323 e. The molecule has 3 N–H and O–H groups in total. The molecule has 0 bridgehead atoms. The molecule has 0 saturated heterocycles. The van der Waals surface area contributed by atoms with Gasteiger partial charge in [0.1, 0.15) is 5.54 Å². The van der Waals surface area contributed by atoms with Gasteiger partial charge in [0.2, 0.25) is 0 Å². The highest BCUT2D eigenvalue weighted by molar-refractivity contribution is 5.85. The number of aliphatic carboxylic acids is 1. The molecule has 0 aromatic heterocycles. The average Bonchev–Trinajstić information content (AvgIpc) is 1.99. The van der Waals surface area contributed by atoms with Gasteiger partial charge in [-0.1, -0.05) is 33.6 Å². The van der Waals surface area contributed by atoms with E-state index in [-0.39, 0.29) is 18.3 Å². The van der Waals surface area contributed by atoms with Crippen LogP contribution >= 0.6 is 12.4 Å². The number of rotatable bonds is 5. The summed E-state index contributed by atoms with van der Waals surface area (Å²) in [6, 6.07) is 0. The summed E-state index contributed by atoms with van der Waals surface area (Å²) in [4.78, 5) is 10.8. The van der Waals surface area contributed by atoms with Gasteiger partial charge in [-0.3, -0.25) is 4.79 Å². The van der Waals surface area contributed by atoms with E-state index in [9.17, 15) is 4.79 Å². The first kappa shape index (κ1) is 15.2. The molecule has 0 aliphatic carbocycles. The van der Waals surface area contributed by atoms with E-state index in [0.717, 1.165) is 12.8 Å². The Labute approximate surface area is 86.1 Å². The molecule has 3 nitrogen and oxygen atoms in total. The van der Waals surface area contributed by atoms with Gasteiger partial charge in [0, 0.05) is 0 Å². The van der Waals surface area contributed by atoms with Crippen molar-refractivity contribution in [2.24, 2.45) is 11.7 Å². The van der Waals surface area contributed by atoms with Crippen molar-refractivity contribution in [1.82, 2.24) is 0 Å². The van der Waals surface area contributed by atoms with Crippen molar-refractivity contribution in [3.05, 3.63) is 0 Å². The second-order valence-electron chi connectivity index (χ2n) is 3.60. The highest BCUT2D eigenvalue weighted by Crippen LogP contribution is 2.21. The molecular weight excluding hydrogens is 190 g/mol. The Morgan fingerprint density at radius 1 is 1.54 bits per heavy atom. The van der Waals surface area contributed by atoms with Gasteiger partial charge in [-0.2, -0.15) is 0 Å². The molecule has 80 valence electrons. The fourth-order valence-corrected chi connectivity index (χ4v) is 1.11.